The monoisotopic (exact) mass is 291 g/mol. The molecule has 2 rings (SSSR count). The number of hydrogen-bond acceptors (Lipinski definition) is 6. The topological polar surface area (TPSA) is 84.6 Å². The van der Waals surface area contributed by atoms with Gasteiger partial charge in [-0.15, -0.1) is 11.3 Å². The number of carbonyl (C=O) groups is 1. The summed E-state index contributed by atoms with van der Waals surface area (Å²) >= 11 is 7.98. The van der Waals surface area contributed by atoms with E-state index in [1.54, 1.807) is 0 Å². The van der Waals surface area contributed by atoms with E-state index in [1.165, 1.54) is 17.8 Å². The lowest BCUT2D eigenvalue weighted by Gasteiger charge is -1.99. The first-order valence-electron chi connectivity index (χ1n) is 4.50. The van der Waals surface area contributed by atoms with Crippen molar-refractivity contribution in [1.29, 1.82) is 0 Å². The maximum Gasteiger partial charge on any atom is 0.299 e. The van der Waals surface area contributed by atoms with E-state index < -0.39 is 10.8 Å². The third kappa shape index (κ3) is 2.76. The van der Waals surface area contributed by atoms with Gasteiger partial charge in [-0.05, 0) is 0 Å². The number of nitro groups is 1. The highest BCUT2D eigenvalue weighted by Gasteiger charge is 2.22. The van der Waals surface area contributed by atoms with Crippen LogP contribution in [0.25, 0.3) is 0 Å². The second-order valence-corrected chi connectivity index (χ2v) is 5.75. The minimum atomic E-state index is -0.614. The maximum atomic E-state index is 11.7. The molecule has 0 unspecified atom stereocenters. The van der Waals surface area contributed by atoms with Gasteiger partial charge in [0, 0.05) is 11.8 Å². The van der Waals surface area contributed by atoms with Crippen molar-refractivity contribution in [1.82, 2.24) is 5.32 Å². The summed E-state index contributed by atoms with van der Waals surface area (Å²) in [6.45, 7) is 0.672. The van der Waals surface area contributed by atoms with Gasteiger partial charge in [0.25, 0.3) is 11.6 Å². The van der Waals surface area contributed by atoms with E-state index in [-0.39, 0.29) is 14.9 Å². The van der Waals surface area contributed by atoms with Crippen LogP contribution in [0, 0.1) is 10.1 Å². The summed E-state index contributed by atoms with van der Waals surface area (Å²) in [6, 6.07) is 1.17. The van der Waals surface area contributed by atoms with Crippen molar-refractivity contribution >= 4 is 51.5 Å². The predicted molar refractivity (Wildman–Crippen MR) is 68.2 cm³/mol. The fourth-order valence-corrected chi connectivity index (χ4v) is 3.01. The van der Waals surface area contributed by atoms with Gasteiger partial charge in [0.2, 0.25) is 0 Å². The van der Waals surface area contributed by atoms with Gasteiger partial charge in [0.05, 0.1) is 11.5 Å². The zero-order chi connectivity index (χ0) is 12.4. The highest BCUT2D eigenvalue weighted by atomic mass is 35.5. The molecule has 6 nitrogen and oxygen atoms in total. The number of amidine groups is 1. The lowest BCUT2D eigenvalue weighted by Crippen LogP contribution is -2.26. The van der Waals surface area contributed by atoms with Crippen molar-refractivity contribution in [3.8, 4) is 0 Å². The molecule has 1 aliphatic rings. The summed E-state index contributed by atoms with van der Waals surface area (Å²) in [7, 11) is 0. The molecule has 0 fully saturated rings. The minimum absolute atomic E-state index is 0.00108. The van der Waals surface area contributed by atoms with Crippen molar-refractivity contribution in [2.24, 2.45) is 4.99 Å². The third-order valence-electron chi connectivity index (χ3n) is 1.90. The molecule has 90 valence electrons. The Morgan fingerprint density at radius 3 is 2.94 bits per heavy atom. The average Bonchev–Trinajstić information content (AvgIpc) is 2.86. The number of carbonyl (C=O) groups excluding carboxylic acids is 1. The van der Waals surface area contributed by atoms with E-state index >= 15 is 0 Å². The van der Waals surface area contributed by atoms with Crippen molar-refractivity contribution < 1.29 is 9.72 Å². The lowest BCUT2D eigenvalue weighted by molar-refractivity contribution is -0.384. The Morgan fingerprint density at radius 2 is 2.41 bits per heavy atom. The number of aliphatic imine (C=N–C) groups is 1. The van der Waals surface area contributed by atoms with Crippen molar-refractivity contribution in [3.05, 3.63) is 25.4 Å². The van der Waals surface area contributed by atoms with Crippen LogP contribution in [0.15, 0.2) is 11.1 Å². The van der Waals surface area contributed by atoms with Crippen LogP contribution in [0.5, 0.6) is 0 Å². The summed E-state index contributed by atoms with van der Waals surface area (Å²) in [5.41, 5.74) is -0.247. The quantitative estimate of drug-likeness (QED) is 0.668. The molecule has 0 aliphatic carbocycles. The normalized spacial score (nSPS) is 14.5. The molecule has 1 aromatic rings. The molecule has 1 N–H and O–H groups in total. The van der Waals surface area contributed by atoms with Gasteiger partial charge in [-0.3, -0.25) is 19.9 Å². The Bertz CT molecular complexity index is 514. The van der Waals surface area contributed by atoms with E-state index in [1.807, 2.05) is 0 Å². The Hall–Kier alpha value is -1.12. The van der Waals surface area contributed by atoms with Gasteiger partial charge in [-0.1, -0.05) is 23.4 Å². The highest BCUT2D eigenvalue weighted by molar-refractivity contribution is 8.14. The number of thiophene rings is 1. The van der Waals surface area contributed by atoms with Crippen LogP contribution in [0.3, 0.4) is 0 Å². The summed E-state index contributed by atoms with van der Waals surface area (Å²) in [4.78, 5) is 25.9. The summed E-state index contributed by atoms with van der Waals surface area (Å²) < 4.78 is 0.00108. The van der Waals surface area contributed by atoms with Crippen LogP contribution >= 0.6 is 34.7 Å². The number of halogens is 1. The van der Waals surface area contributed by atoms with Crippen molar-refractivity contribution in [3.63, 3.8) is 0 Å². The molecule has 0 atom stereocenters. The SMILES string of the molecule is O=C(NC1=NCCS1)c1cc([N+](=O)[O-])c(Cl)s1. The molecule has 0 bridgehead atoms. The lowest BCUT2D eigenvalue weighted by atomic mass is 10.4. The molecule has 1 aliphatic heterocycles. The minimum Gasteiger partial charge on any atom is -0.301 e. The molecule has 17 heavy (non-hydrogen) atoms. The molecule has 0 radical (unpaired) electrons. The van der Waals surface area contributed by atoms with Gasteiger partial charge < -0.3 is 5.32 Å². The molecule has 0 saturated carbocycles. The van der Waals surface area contributed by atoms with Gasteiger partial charge in [0.15, 0.2) is 9.50 Å². The first-order chi connectivity index (χ1) is 8.08. The molecular formula is C8H6ClN3O3S2. The third-order valence-corrected chi connectivity index (χ3v) is 4.12. The second kappa shape index (κ2) is 5.03. The number of nitrogens with zero attached hydrogens (tertiary/aromatic N) is 2. The zero-order valence-electron chi connectivity index (χ0n) is 8.31. The predicted octanol–water partition coefficient (Wildman–Crippen LogP) is 2.14. The number of rotatable bonds is 2. The maximum absolute atomic E-state index is 11.7. The van der Waals surface area contributed by atoms with E-state index in [4.69, 9.17) is 11.6 Å². The number of amides is 1. The highest BCUT2D eigenvalue weighted by Crippen LogP contribution is 2.33. The van der Waals surface area contributed by atoms with Gasteiger partial charge >= 0.3 is 0 Å². The molecule has 0 aromatic carbocycles. The van der Waals surface area contributed by atoms with Gasteiger partial charge in [-0.25, -0.2) is 0 Å². The number of nitrogens with one attached hydrogen (secondary N) is 1. The fraction of sp³-hybridized carbons (Fsp3) is 0.250. The Labute approximate surface area is 109 Å². The molecule has 9 heteroatoms. The molecule has 0 saturated heterocycles. The smallest absolute Gasteiger partial charge is 0.299 e. The Morgan fingerprint density at radius 1 is 1.65 bits per heavy atom. The Kier molecular flexibility index (Phi) is 3.65. The molecule has 0 spiro atoms. The first kappa shape index (κ1) is 12.3. The number of thioether (sulfide) groups is 1. The zero-order valence-corrected chi connectivity index (χ0v) is 10.7. The van der Waals surface area contributed by atoms with E-state index in [2.05, 4.69) is 10.3 Å². The molecule has 1 aromatic heterocycles. The van der Waals surface area contributed by atoms with E-state index in [9.17, 15) is 14.9 Å². The Balaban J connectivity index is 2.14. The molecule has 1 amide bonds. The summed E-state index contributed by atoms with van der Waals surface area (Å²) in [6.07, 6.45) is 0. The van der Waals surface area contributed by atoms with Crippen molar-refractivity contribution in [2.75, 3.05) is 12.3 Å². The average molecular weight is 292 g/mol. The number of hydrogen-bond donors (Lipinski definition) is 1. The van der Waals surface area contributed by atoms with E-state index in [0.717, 1.165) is 17.1 Å². The van der Waals surface area contributed by atoms with Gasteiger partial charge in [-0.2, -0.15) is 0 Å². The van der Waals surface area contributed by atoms with Crippen LogP contribution in [-0.4, -0.2) is 28.3 Å². The summed E-state index contributed by atoms with van der Waals surface area (Å²) in [5, 5.41) is 13.7. The molecule has 2 heterocycles. The van der Waals surface area contributed by atoms with Crippen molar-refractivity contribution in [2.45, 2.75) is 0 Å². The first-order valence-corrected chi connectivity index (χ1v) is 6.68. The van der Waals surface area contributed by atoms with E-state index in [0.29, 0.717) is 11.7 Å². The fourth-order valence-electron chi connectivity index (χ4n) is 1.17. The van der Waals surface area contributed by atoms with Gasteiger partial charge in [0.1, 0.15) is 4.88 Å². The van der Waals surface area contributed by atoms with Crippen LogP contribution in [-0.2, 0) is 0 Å². The van der Waals surface area contributed by atoms with Crippen LogP contribution < -0.4 is 5.32 Å². The molecular weight excluding hydrogens is 286 g/mol. The largest absolute Gasteiger partial charge is 0.301 e. The standard InChI is InChI=1S/C8H6ClN3O3S2/c9-6-4(12(14)15)3-5(17-6)7(13)11-8-10-1-2-16-8/h3H,1-2H2,(H,10,11,13). The van der Waals surface area contributed by atoms with Crippen LogP contribution in [0.1, 0.15) is 9.67 Å². The van der Waals surface area contributed by atoms with Crippen LogP contribution in [0.4, 0.5) is 5.69 Å². The summed E-state index contributed by atoms with van der Waals surface area (Å²) in [5.74, 6) is 0.416. The van der Waals surface area contributed by atoms with Crippen LogP contribution in [0.2, 0.25) is 4.34 Å². The second-order valence-electron chi connectivity index (χ2n) is 3.02.